The Kier molecular flexibility index (Phi) is 6.49. The molecule has 146 valence electrons. The van der Waals surface area contributed by atoms with Crippen molar-refractivity contribution in [2.24, 2.45) is 0 Å². The predicted molar refractivity (Wildman–Crippen MR) is 103 cm³/mol. The van der Waals surface area contributed by atoms with Gasteiger partial charge in [0.05, 0.1) is 30.7 Å². The summed E-state index contributed by atoms with van der Waals surface area (Å²) in [6.45, 7) is 2.68. The van der Waals surface area contributed by atoms with E-state index in [1.165, 1.54) is 18.9 Å². The number of thioether (sulfide) groups is 1. The van der Waals surface area contributed by atoms with E-state index in [0.29, 0.717) is 23.8 Å². The Bertz CT molecular complexity index is 922. The monoisotopic (exact) mass is 400 g/mol. The SMILES string of the molecule is COC(=O)c1ccc(CNC(=O)C(C)Sc2nncn2Cc2ccco2)cc1. The summed E-state index contributed by atoms with van der Waals surface area (Å²) >= 11 is 1.33. The molecule has 1 amide bonds. The molecular weight excluding hydrogens is 380 g/mol. The minimum Gasteiger partial charge on any atom is -0.467 e. The van der Waals surface area contributed by atoms with Crippen LogP contribution in [-0.2, 0) is 22.6 Å². The standard InChI is InChI=1S/C19H20N4O4S/c1-13(28-19-22-21-12-23(19)11-16-4-3-9-27-16)17(24)20-10-14-5-7-15(8-6-14)18(25)26-2/h3-9,12-13H,10-11H2,1-2H3,(H,20,24). The third-order valence-corrected chi connectivity index (χ3v) is 5.07. The molecule has 2 aromatic heterocycles. The van der Waals surface area contributed by atoms with Gasteiger partial charge in [0.1, 0.15) is 12.1 Å². The lowest BCUT2D eigenvalue weighted by atomic mass is 10.1. The van der Waals surface area contributed by atoms with Crippen molar-refractivity contribution in [2.75, 3.05) is 7.11 Å². The van der Waals surface area contributed by atoms with Crippen molar-refractivity contribution < 1.29 is 18.7 Å². The van der Waals surface area contributed by atoms with Crippen molar-refractivity contribution in [3.8, 4) is 0 Å². The van der Waals surface area contributed by atoms with Gasteiger partial charge in [-0.1, -0.05) is 23.9 Å². The minimum atomic E-state index is -0.390. The number of methoxy groups -OCH3 is 1. The summed E-state index contributed by atoms with van der Waals surface area (Å²) in [6, 6.07) is 10.6. The van der Waals surface area contributed by atoms with E-state index in [0.717, 1.165) is 11.3 Å². The van der Waals surface area contributed by atoms with E-state index in [4.69, 9.17) is 4.42 Å². The average Bonchev–Trinajstić information content (AvgIpc) is 3.38. The topological polar surface area (TPSA) is 99.2 Å². The second kappa shape index (κ2) is 9.23. The highest BCUT2D eigenvalue weighted by atomic mass is 32.2. The first kappa shape index (κ1) is 19.7. The Morgan fingerprint density at radius 3 is 2.75 bits per heavy atom. The molecule has 0 radical (unpaired) electrons. The van der Waals surface area contributed by atoms with Crippen LogP contribution in [0.1, 0.15) is 28.6 Å². The van der Waals surface area contributed by atoms with Gasteiger partial charge in [-0.15, -0.1) is 10.2 Å². The highest BCUT2D eigenvalue weighted by Gasteiger charge is 2.18. The average molecular weight is 400 g/mol. The van der Waals surface area contributed by atoms with Gasteiger partial charge in [-0.2, -0.15) is 0 Å². The van der Waals surface area contributed by atoms with Crippen molar-refractivity contribution in [3.63, 3.8) is 0 Å². The first-order chi connectivity index (χ1) is 13.6. The number of benzene rings is 1. The molecular formula is C19H20N4O4S. The Balaban J connectivity index is 1.52. The predicted octanol–water partition coefficient (Wildman–Crippen LogP) is 2.50. The van der Waals surface area contributed by atoms with Gasteiger partial charge in [-0.3, -0.25) is 4.79 Å². The highest BCUT2D eigenvalue weighted by molar-refractivity contribution is 8.00. The molecule has 0 saturated carbocycles. The van der Waals surface area contributed by atoms with Gasteiger partial charge >= 0.3 is 5.97 Å². The second-order valence-electron chi connectivity index (χ2n) is 5.99. The molecule has 1 atom stereocenters. The quantitative estimate of drug-likeness (QED) is 0.458. The fraction of sp³-hybridized carbons (Fsp3) is 0.263. The van der Waals surface area contributed by atoms with Crippen LogP contribution < -0.4 is 5.32 Å². The number of rotatable bonds is 8. The van der Waals surface area contributed by atoms with Crippen LogP contribution in [0.25, 0.3) is 0 Å². The largest absolute Gasteiger partial charge is 0.467 e. The fourth-order valence-corrected chi connectivity index (χ4v) is 3.28. The lowest BCUT2D eigenvalue weighted by Crippen LogP contribution is -2.30. The number of amides is 1. The van der Waals surface area contributed by atoms with E-state index in [1.807, 2.05) is 23.6 Å². The summed E-state index contributed by atoms with van der Waals surface area (Å²) in [7, 11) is 1.34. The Morgan fingerprint density at radius 1 is 1.29 bits per heavy atom. The molecule has 3 rings (SSSR count). The smallest absolute Gasteiger partial charge is 0.337 e. The van der Waals surface area contributed by atoms with Gasteiger partial charge < -0.3 is 19.0 Å². The van der Waals surface area contributed by atoms with Gasteiger partial charge in [-0.25, -0.2) is 4.79 Å². The van der Waals surface area contributed by atoms with Crippen LogP contribution >= 0.6 is 11.8 Å². The number of nitrogens with zero attached hydrogens (tertiary/aromatic N) is 3. The lowest BCUT2D eigenvalue weighted by Gasteiger charge is -2.12. The summed E-state index contributed by atoms with van der Waals surface area (Å²) in [4.78, 5) is 23.9. The third kappa shape index (κ3) is 5.01. The zero-order valence-corrected chi connectivity index (χ0v) is 16.3. The zero-order valence-electron chi connectivity index (χ0n) is 15.5. The lowest BCUT2D eigenvalue weighted by molar-refractivity contribution is -0.120. The van der Waals surface area contributed by atoms with E-state index in [9.17, 15) is 9.59 Å². The van der Waals surface area contributed by atoms with E-state index >= 15 is 0 Å². The summed E-state index contributed by atoms with van der Waals surface area (Å²) < 4.78 is 11.8. The van der Waals surface area contributed by atoms with E-state index in [1.54, 1.807) is 36.9 Å². The highest BCUT2D eigenvalue weighted by Crippen LogP contribution is 2.22. The molecule has 1 unspecified atom stereocenters. The van der Waals surface area contributed by atoms with Crippen LogP contribution in [0.15, 0.2) is 58.6 Å². The van der Waals surface area contributed by atoms with Crippen molar-refractivity contribution in [2.45, 2.75) is 30.4 Å². The molecule has 0 saturated heterocycles. The molecule has 1 N–H and O–H groups in total. The summed E-state index contributed by atoms with van der Waals surface area (Å²) in [6.07, 6.45) is 3.22. The molecule has 3 aromatic rings. The van der Waals surface area contributed by atoms with Crippen molar-refractivity contribution in [1.82, 2.24) is 20.1 Å². The van der Waals surface area contributed by atoms with Crippen LogP contribution in [0.4, 0.5) is 0 Å². The van der Waals surface area contributed by atoms with Crippen LogP contribution in [-0.4, -0.2) is 39.0 Å². The van der Waals surface area contributed by atoms with Gasteiger partial charge in [0.15, 0.2) is 5.16 Å². The normalized spacial score (nSPS) is 11.8. The first-order valence-corrected chi connectivity index (χ1v) is 9.46. The summed E-state index contributed by atoms with van der Waals surface area (Å²) in [5.41, 5.74) is 1.36. The van der Waals surface area contributed by atoms with Gasteiger partial charge in [0, 0.05) is 6.54 Å². The molecule has 0 aliphatic rings. The molecule has 1 aromatic carbocycles. The van der Waals surface area contributed by atoms with E-state index < -0.39 is 0 Å². The number of hydrogen-bond donors (Lipinski definition) is 1. The summed E-state index contributed by atoms with van der Waals surface area (Å²) in [5.74, 6) is 0.281. The van der Waals surface area contributed by atoms with Crippen LogP contribution in [0.2, 0.25) is 0 Å². The molecule has 0 aliphatic carbocycles. The number of aromatic nitrogens is 3. The number of ether oxygens (including phenoxy) is 1. The Morgan fingerprint density at radius 2 is 2.07 bits per heavy atom. The van der Waals surface area contributed by atoms with Crippen LogP contribution in [0.3, 0.4) is 0 Å². The van der Waals surface area contributed by atoms with Gasteiger partial charge in [0.2, 0.25) is 5.91 Å². The maximum Gasteiger partial charge on any atom is 0.337 e. The maximum atomic E-state index is 12.4. The Hall–Kier alpha value is -3.07. The van der Waals surface area contributed by atoms with E-state index in [2.05, 4.69) is 20.3 Å². The molecule has 9 heteroatoms. The van der Waals surface area contributed by atoms with Gasteiger partial charge in [-0.05, 0) is 36.8 Å². The first-order valence-electron chi connectivity index (χ1n) is 8.58. The van der Waals surface area contributed by atoms with Crippen molar-refractivity contribution in [1.29, 1.82) is 0 Å². The fourth-order valence-electron chi connectivity index (χ4n) is 2.44. The van der Waals surface area contributed by atoms with Crippen LogP contribution in [0, 0.1) is 0 Å². The molecule has 8 nitrogen and oxygen atoms in total. The minimum absolute atomic E-state index is 0.116. The number of nitrogens with one attached hydrogen (secondary N) is 1. The molecule has 0 bridgehead atoms. The molecule has 0 spiro atoms. The second-order valence-corrected chi connectivity index (χ2v) is 7.30. The van der Waals surface area contributed by atoms with Crippen LogP contribution in [0.5, 0.6) is 0 Å². The molecule has 2 heterocycles. The third-order valence-electron chi connectivity index (χ3n) is 3.98. The molecule has 28 heavy (non-hydrogen) atoms. The zero-order chi connectivity index (χ0) is 19.9. The summed E-state index contributed by atoms with van der Waals surface area (Å²) in [5, 5.41) is 11.2. The number of esters is 1. The Labute approximate surface area is 166 Å². The number of carbonyl (C=O) groups excluding carboxylic acids is 2. The van der Waals surface area contributed by atoms with Gasteiger partial charge in [0.25, 0.3) is 0 Å². The molecule has 0 fully saturated rings. The van der Waals surface area contributed by atoms with E-state index in [-0.39, 0.29) is 17.1 Å². The molecule has 0 aliphatic heterocycles. The number of furan rings is 1. The van der Waals surface area contributed by atoms with Crippen molar-refractivity contribution >= 4 is 23.6 Å². The number of carbonyl (C=O) groups is 2. The maximum absolute atomic E-state index is 12.4. The number of hydrogen-bond acceptors (Lipinski definition) is 7. The van der Waals surface area contributed by atoms with Crippen molar-refractivity contribution in [3.05, 3.63) is 65.9 Å².